The summed E-state index contributed by atoms with van der Waals surface area (Å²) in [4.78, 5) is 19.6. The molecule has 0 aromatic rings. The summed E-state index contributed by atoms with van der Waals surface area (Å²) in [6.07, 6.45) is -6.60. The van der Waals surface area contributed by atoms with E-state index in [4.69, 9.17) is 20.4 Å². The van der Waals surface area contributed by atoms with Gasteiger partial charge in [0.1, 0.15) is 24.4 Å². The highest BCUT2D eigenvalue weighted by atomic mass is 16.4. The van der Waals surface area contributed by atoms with E-state index in [1.54, 1.807) is 0 Å². The van der Waals surface area contributed by atoms with E-state index in [0.29, 0.717) is 0 Å². The van der Waals surface area contributed by atoms with Gasteiger partial charge in [-0.15, -0.1) is 0 Å². The van der Waals surface area contributed by atoms with Crippen molar-refractivity contribution in [2.75, 3.05) is 0 Å². The minimum absolute atomic E-state index is 0.0224. The van der Waals surface area contributed by atoms with Crippen LogP contribution in [0.4, 0.5) is 0 Å². The highest BCUT2D eigenvalue weighted by molar-refractivity contribution is 5.60. The van der Waals surface area contributed by atoms with Crippen molar-refractivity contribution >= 4 is 12.6 Å². The Morgan fingerprint density at radius 3 is 1.92 bits per heavy atom. The number of carbonyl (C=O) groups is 1. The van der Waals surface area contributed by atoms with Crippen molar-refractivity contribution in [3.8, 4) is 0 Å². The summed E-state index contributed by atoms with van der Waals surface area (Å²) >= 11 is 0. The molecule has 0 amide bonds. The first-order chi connectivity index (χ1) is 5.54. The van der Waals surface area contributed by atoms with Crippen molar-refractivity contribution < 1.29 is 30.0 Å². The average Bonchev–Trinajstić information content (AvgIpc) is 2.12. The van der Waals surface area contributed by atoms with E-state index in [-0.39, 0.29) is 6.29 Å². The van der Waals surface area contributed by atoms with Gasteiger partial charge < -0.3 is 25.2 Å². The molecule has 4 N–H and O–H groups in total. The van der Waals surface area contributed by atoms with Crippen LogP contribution in [0.3, 0.4) is 0 Å². The minimum atomic E-state index is -1.94. The van der Waals surface area contributed by atoms with Gasteiger partial charge in [-0.25, -0.2) is 0 Å². The third-order valence-electron chi connectivity index (χ3n) is 1.28. The molecule has 0 aromatic heterocycles. The van der Waals surface area contributed by atoms with Crippen LogP contribution < -0.4 is 0 Å². The number of rotatable bonds is 5. The molecule has 0 rings (SSSR count). The lowest BCUT2D eigenvalue weighted by Crippen LogP contribution is -2.45. The molecule has 0 fully saturated rings. The van der Waals surface area contributed by atoms with Crippen LogP contribution in [0.5, 0.6) is 0 Å². The number of aldehydes is 1. The molecule has 6 heteroatoms. The fraction of sp³-hybridized carbons (Fsp3) is 0.667. The molecule has 0 aliphatic carbocycles. The zero-order valence-corrected chi connectivity index (χ0v) is 5.99. The Bertz CT molecular complexity index is 140. The molecular weight excluding hydrogens is 168 g/mol. The molecule has 1 radical (unpaired) electrons. The first-order valence-corrected chi connectivity index (χ1v) is 3.09. The first-order valence-electron chi connectivity index (χ1n) is 3.09. The number of aliphatic hydroxyl groups is 4. The van der Waals surface area contributed by atoms with Gasteiger partial charge in [-0.2, -0.15) is 0 Å². The van der Waals surface area contributed by atoms with Crippen molar-refractivity contribution in [2.24, 2.45) is 0 Å². The highest BCUT2D eigenvalue weighted by Gasteiger charge is 2.30. The molecule has 4 atom stereocenters. The van der Waals surface area contributed by atoms with Crippen LogP contribution in [0.25, 0.3) is 0 Å². The quantitative estimate of drug-likeness (QED) is 0.328. The maximum atomic E-state index is 9.86. The van der Waals surface area contributed by atoms with Crippen molar-refractivity contribution in [3.63, 3.8) is 0 Å². The Hall–Kier alpha value is -0.820. The summed E-state index contributed by atoms with van der Waals surface area (Å²) in [5.74, 6) is 0. The van der Waals surface area contributed by atoms with Crippen LogP contribution in [0.1, 0.15) is 0 Å². The summed E-state index contributed by atoms with van der Waals surface area (Å²) in [5, 5.41) is 34.8. The highest BCUT2D eigenvalue weighted by Crippen LogP contribution is 2.01. The third kappa shape index (κ3) is 2.67. The summed E-state index contributed by atoms with van der Waals surface area (Å²) in [6, 6.07) is 0. The van der Waals surface area contributed by atoms with E-state index in [2.05, 4.69) is 0 Å². The molecule has 12 heavy (non-hydrogen) atoms. The number of aliphatic hydroxyl groups excluding tert-OH is 4. The summed E-state index contributed by atoms with van der Waals surface area (Å²) < 4.78 is 0. The van der Waals surface area contributed by atoms with Gasteiger partial charge in [-0.3, -0.25) is 4.79 Å². The molecule has 69 valence electrons. The lowest BCUT2D eigenvalue weighted by molar-refractivity contribution is -0.130. The molecule has 0 bridgehead atoms. The molecule has 0 saturated heterocycles. The van der Waals surface area contributed by atoms with E-state index >= 15 is 0 Å². The largest absolute Gasteiger partial charge is 0.387 e. The molecule has 0 aliphatic rings. The van der Waals surface area contributed by atoms with Gasteiger partial charge in [0, 0.05) is 0 Å². The second-order valence-corrected chi connectivity index (χ2v) is 2.17. The molecule has 0 spiro atoms. The maximum Gasteiger partial charge on any atom is 0.232 e. The zero-order valence-electron chi connectivity index (χ0n) is 5.99. The van der Waals surface area contributed by atoms with Gasteiger partial charge in [0.15, 0.2) is 6.29 Å². The van der Waals surface area contributed by atoms with Gasteiger partial charge >= 0.3 is 0 Å². The van der Waals surface area contributed by atoms with Gasteiger partial charge in [-0.05, 0) is 0 Å². The van der Waals surface area contributed by atoms with Crippen molar-refractivity contribution in [1.82, 2.24) is 0 Å². The summed E-state index contributed by atoms with van der Waals surface area (Å²) in [5.41, 5.74) is 0. The lowest BCUT2D eigenvalue weighted by atomic mass is 10.1. The average molecular weight is 177 g/mol. The van der Waals surface area contributed by atoms with Crippen LogP contribution in [-0.4, -0.2) is 57.4 Å². The molecular formula is C6H9O6. The Morgan fingerprint density at radius 2 is 1.58 bits per heavy atom. The molecule has 0 aromatic carbocycles. The van der Waals surface area contributed by atoms with E-state index < -0.39 is 24.4 Å². The van der Waals surface area contributed by atoms with Crippen LogP contribution in [0, 0.1) is 0 Å². The van der Waals surface area contributed by atoms with E-state index in [0.717, 1.165) is 6.29 Å². The predicted molar refractivity (Wildman–Crippen MR) is 35.8 cm³/mol. The summed E-state index contributed by atoms with van der Waals surface area (Å²) in [7, 11) is 0. The van der Waals surface area contributed by atoms with E-state index in [9.17, 15) is 9.59 Å². The van der Waals surface area contributed by atoms with E-state index in [1.165, 1.54) is 0 Å². The normalized spacial score (nSPS) is 20.7. The molecule has 0 unspecified atom stereocenters. The maximum absolute atomic E-state index is 9.86. The topological polar surface area (TPSA) is 115 Å². The number of hydrogen-bond donors (Lipinski definition) is 4. The number of carbonyl (C=O) groups excluding carboxylic acids is 2. The van der Waals surface area contributed by atoms with E-state index in [1.807, 2.05) is 0 Å². The molecule has 0 saturated carbocycles. The SMILES string of the molecule is O=[C][C@@H](O)[C@@H](O)[C@H](O)[C@@H](O)C=O. The fourth-order valence-corrected chi connectivity index (χ4v) is 0.539. The van der Waals surface area contributed by atoms with Gasteiger partial charge in [0.2, 0.25) is 6.29 Å². The Morgan fingerprint density at radius 1 is 1.08 bits per heavy atom. The van der Waals surface area contributed by atoms with Crippen LogP contribution >= 0.6 is 0 Å². The fourth-order valence-electron chi connectivity index (χ4n) is 0.539. The smallest absolute Gasteiger partial charge is 0.232 e. The second kappa shape index (κ2) is 4.94. The molecule has 0 heterocycles. The van der Waals surface area contributed by atoms with Gasteiger partial charge in [-0.1, -0.05) is 0 Å². The van der Waals surface area contributed by atoms with Crippen molar-refractivity contribution in [1.29, 1.82) is 0 Å². The third-order valence-corrected chi connectivity index (χ3v) is 1.28. The van der Waals surface area contributed by atoms with Crippen LogP contribution in [-0.2, 0) is 9.59 Å². The minimum Gasteiger partial charge on any atom is -0.387 e. The second-order valence-electron chi connectivity index (χ2n) is 2.17. The Balaban J connectivity index is 4.16. The van der Waals surface area contributed by atoms with Gasteiger partial charge in [0.05, 0.1) is 0 Å². The Labute approximate surface area is 68.1 Å². The summed E-state index contributed by atoms with van der Waals surface area (Å²) in [6.45, 7) is 0. The molecule has 6 nitrogen and oxygen atoms in total. The number of hydrogen-bond acceptors (Lipinski definition) is 6. The standard InChI is InChI=1S/C6H9O6/c7-1-3(9)5(11)6(12)4(10)2-8/h1,3-6,9-12H/t3-,4+,5+,6+/m0/s1. The molecule has 0 aliphatic heterocycles. The first kappa shape index (κ1) is 11.2. The van der Waals surface area contributed by atoms with Crippen molar-refractivity contribution in [3.05, 3.63) is 0 Å². The van der Waals surface area contributed by atoms with Crippen LogP contribution in [0.2, 0.25) is 0 Å². The van der Waals surface area contributed by atoms with Crippen molar-refractivity contribution in [2.45, 2.75) is 24.4 Å². The lowest BCUT2D eigenvalue weighted by Gasteiger charge is -2.19. The zero-order chi connectivity index (χ0) is 9.72. The Kier molecular flexibility index (Phi) is 4.60. The monoisotopic (exact) mass is 177 g/mol. The van der Waals surface area contributed by atoms with Gasteiger partial charge in [0.25, 0.3) is 0 Å². The van der Waals surface area contributed by atoms with Crippen LogP contribution in [0.15, 0.2) is 0 Å². The predicted octanol–water partition coefficient (Wildman–Crippen LogP) is -3.26.